The van der Waals surface area contributed by atoms with Gasteiger partial charge in [-0.15, -0.1) is 11.3 Å². The first kappa shape index (κ1) is 9.97. The summed E-state index contributed by atoms with van der Waals surface area (Å²) in [6.45, 7) is 0. The lowest BCUT2D eigenvalue weighted by Crippen LogP contribution is -1.80. The Hall–Kier alpha value is -0.560. The van der Waals surface area contributed by atoms with E-state index in [1.807, 2.05) is 18.2 Å². The highest BCUT2D eigenvalue weighted by atomic mass is 79.9. The molecule has 2 aromatic rings. The molecule has 4 heteroatoms. The van der Waals surface area contributed by atoms with Crippen LogP contribution >= 0.6 is 38.9 Å². The van der Waals surface area contributed by atoms with Gasteiger partial charge >= 0.3 is 0 Å². The predicted molar refractivity (Wildman–Crippen MR) is 63.9 cm³/mol. The molecule has 0 fully saturated rings. The number of hydrogen-bond donors (Lipinski definition) is 0. The summed E-state index contributed by atoms with van der Waals surface area (Å²) in [5, 5.41) is 10.4. The van der Waals surface area contributed by atoms with Gasteiger partial charge in [0.05, 0.1) is 26.0 Å². The van der Waals surface area contributed by atoms with E-state index in [1.165, 1.54) is 0 Å². The van der Waals surface area contributed by atoms with Crippen molar-refractivity contribution in [3.05, 3.63) is 32.6 Å². The van der Waals surface area contributed by atoms with E-state index in [4.69, 9.17) is 16.9 Å². The molecular weight excluding hydrogens is 282 g/mol. The monoisotopic (exact) mass is 285 g/mol. The first-order chi connectivity index (χ1) is 6.70. The fraction of sp³-hybridized carbons (Fsp3) is 0.100. The van der Waals surface area contributed by atoms with Gasteiger partial charge in [0.25, 0.3) is 0 Å². The number of benzene rings is 1. The largest absolute Gasteiger partial charge is 0.198 e. The molecule has 2 rings (SSSR count). The van der Waals surface area contributed by atoms with Crippen LogP contribution in [0.5, 0.6) is 0 Å². The van der Waals surface area contributed by atoms with E-state index in [2.05, 4.69) is 22.0 Å². The van der Waals surface area contributed by atoms with Crippen LogP contribution in [0.25, 0.3) is 10.1 Å². The molecular formula is C10H5BrClNS. The lowest BCUT2D eigenvalue weighted by atomic mass is 10.1. The van der Waals surface area contributed by atoms with Crippen LogP contribution in [0, 0.1) is 11.3 Å². The predicted octanol–water partition coefficient (Wildman–Crippen LogP) is 4.38. The second-order valence-electron chi connectivity index (χ2n) is 2.88. The van der Waals surface area contributed by atoms with Gasteiger partial charge in [-0.1, -0.05) is 11.6 Å². The molecule has 1 aromatic carbocycles. The van der Waals surface area contributed by atoms with Crippen LogP contribution in [0.15, 0.2) is 22.0 Å². The van der Waals surface area contributed by atoms with Gasteiger partial charge in [0.1, 0.15) is 0 Å². The minimum atomic E-state index is 0.406. The molecule has 0 aliphatic heterocycles. The van der Waals surface area contributed by atoms with Crippen molar-refractivity contribution >= 4 is 49.0 Å². The average molecular weight is 287 g/mol. The fourth-order valence-corrected chi connectivity index (χ4v) is 3.20. The van der Waals surface area contributed by atoms with E-state index in [9.17, 15) is 0 Å². The zero-order chi connectivity index (χ0) is 10.1. The molecule has 1 aromatic heterocycles. The summed E-state index contributed by atoms with van der Waals surface area (Å²) in [6, 6.07) is 8.00. The first-order valence-corrected chi connectivity index (χ1v) is 5.94. The van der Waals surface area contributed by atoms with Crippen LogP contribution in [0.4, 0.5) is 0 Å². The summed E-state index contributed by atoms with van der Waals surface area (Å²) < 4.78 is 2.13. The smallest absolute Gasteiger partial charge is 0.0711 e. The van der Waals surface area contributed by atoms with Crippen molar-refractivity contribution in [3.8, 4) is 6.07 Å². The number of fused-ring (bicyclic) bond motifs is 1. The van der Waals surface area contributed by atoms with Gasteiger partial charge < -0.3 is 0 Å². The maximum atomic E-state index is 8.59. The molecule has 0 saturated heterocycles. The Morgan fingerprint density at radius 3 is 2.93 bits per heavy atom. The van der Waals surface area contributed by atoms with Gasteiger partial charge in [-0.05, 0) is 45.1 Å². The Labute approximate surface area is 99.0 Å². The zero-order valence-electron chi connectivity index (χ0n) is 7.05. The van der Waals surface area contributed by atoms with E-state index in [-0.39, 0.29) is 0 Å². The SMILES string of the molecule is N#CCc1cc(Cl)c2sc(Br)cc2c1. The molecule has 0 atom stereocenters. The van der Waals surface area contributed by atoms with Crippen LogP contribution in [-0.4, -0.2) is 0 Å². The highest BCUT2D eigenvalue weighted by Crippen LogP contribution is 2.35. The minimum absolute atomic E-state index is 0.406. The number of hydrogen-bond acceptors (Lipinski definition) is 2. The highest BCUT2D eigenvalue weighted by molar-refractivity contribution is 9.11. The molecule has 0 N–H and O–H groups in total. The van der Waals surface area contributed by atoms with Crippen LogP contribution in [-0.2, 0) is 6.42 Å². The summed E-state index contributed by atoms with van der Waals surface area (Å²) in [4.78, 5) is 0. The Morgan fingerprint density at radius 1 is 1.43 bits per heavy atom. The van der Waals surface area contributed by atoms with Gasteiger partial charge in [-0.3, -0.25) is 0 Å². The second-order valence-corrected chi connectivity index (χ2v) is 5.72. The second kappa shape index (κ2) is 3.90. The molecule has 0 aliphatic carbocycles. The summed E-state index contributed by atoms with van der Waals surface area (Å²) in [5.41, 5.74) is 0.968. The van der Waals surface area contributed by atoms with Crippen molar-refractivity contribution in [1.82, 2.24) is 0 Å². The quantitative estimate of drug-likeness (QED) is 0.763. The van der Waals surface area contributed by atoms with E-state index < -0.39 is 0 Å². The van der Waals surface area contributed by atoms with Crippen molar-refractivity contribution < 1.29 is 0 Å². The van der Waals surface area contributed by atoms with Crippen LogP contribution < -0.4 is 0 Å². The van der Waals surface area contributed by atoms with E-state index >= 15 is 0 Å². The molecule has 0 unspecified atom stereocenters. The van der Waals surface area contributed by atoms with E-state index in [1.54, 1.807) is 11.3 Å². The molecule has 0 radical (unpaired) electrons. The lowest BCUT2D eigenvalue weighted by Gasteiger charge is -1.97. The fourth-order valence-electron chi connectivity index (χ4n) is 1.33. The van der Waals surface area contributed by atoms with Gasteiger partial charge in [0, 0.05) is 0 Å². The third-order valence-corrected chi connectivity index (χ3v) is 3.98. The Bertz CT molecular complexity index is 527. The summed E-state index contributed by atoms with van der Waals surface area (Å²) >= 11 is 11.1. The number of nitrogens with zero attached hydrogens (tertiary/aromatic N) is 1. The van der Waals surface area contributed by atoms with Crippen molar-refractivity contribution in [3.63, 3.8) is 0 Å². The summed E-state index contributed by atoms with van der Waals surface area (Å²) in [5.74, 6) is 0. The Morgan fingerprint density at radius 2 is 2.21 bits per heavy atom. The van der Waals surface area contributed by atoms with Crippen LogP contribution in [0.2, 0.25) is 5.02 Å². The molecule has 0 saturated carbocycles. The molecule has 0 spiro atoms. The maximum Gasteiger partial charge on any atom is 0.0711 e. The summed E-state index contributed by atoms with van der Waals surface area (Å²) in [6.07, 6.45) is 0.406. The van der Waals surface area contributed by atoms with Crippen molar-refractivity contribution in [1.29, 1.82) is 5.26 Å². The van der Waals surface area contributed by atoms with E-state index in [0.717, 1.165) is 24.5 Å². The van der Waals surface area contributed by atoms with E-state index in [0.29, 0.717) is 6.42 Å². The standard InChI is InChI=1S/C10H5BrClNS/c11-9-5-7-3-6(1-2-13)4-8(12)10(7)14-9/h3-5H,1H2. The van der Waals surface area contributed by atoms with Crippen molar-refractivity contribution in [2.75, 3.05) is 0 Å². The molecule has 70 valence electrons. The third kappa shape index (κ3) is 1.78. The molecule has 0 aliphatic rings. The zero-order valence-corrected chi connectivity index (χ0v) is 10.2. The molecule has 1 nitrogen and oxygen atoms in total. The van der Waals surface area contributed by atoms with Gasteiger partial charge in [0.2, 0.25) is 0 Å². The minimum Gasteiger partial charge on any atom is -0.198 e. The number of halogens is 2. The van der Waals surface area contributed by atoms with Gasteiger partial charge in [-0.25, -0.2) is 0 Å². The normalized spacial score (nSPS) is 10.4. The maximum absolute atomic E-state index is 8.59. The molecule has 0 bridgehead atoms. The lowest BCUT2D eigenvalue weighted by molar-refractivity contribution is 1.27. The van der Waals surface area contributed by atoms with Crippen molar-refractivity contribution in [2.45, 2.75) is 6.42 Å². The summed E-state index contributed by atoms with van der Waals surface area (Å²) in [7, 11) is 0. The first-order valence-electron chi connectivity index (χ1n) is 3.95. The molecule has 14 heavy (non-hydrogen) atoms. The average Bonchev–Trinajstić information content (AvgIpc) is 2.47. The van der Waals surface area contributed by atoms with Gasteiger partial charge in [0.15, 0.2) is 0 Å². The Kier molecular flexibility index (Phi) is 2.78. The van der Waals surface area contributed by atoms with Crippen molar-refractivity contribution in [2.24, 2.45) is 0 Å². The third-order valence-electron chi connectivity index (χ3n) is 1.88. The molecule has 1 heterocycles. The van der Waals surface area contributed by atoms with Crippen LogP contribution in [0.1, 0.15) is 5.56 Å². The number of thiophene rings is 1. The topological polar surface area (TPSA) is 23.8 Å². The van der Waals surface area contributed by atoms with Gasteiger partial charge in [-0.2, -0.15) is 5.26 Å². The number of rotatable bonds is 1. The Balaban J connectivity index is 2.66. The highest BCUT2D eigenvalue weighted by Gasteiger charge is 2.05. The molecule has 0 amide bonds. The number of nitriles is 1. The van der Waals surface area contributed by atoms with Crippen LogP contribution in [0.3, 0.4) is 0 Å².